The Morgan fingerprint density at radius 1 is 1.16 bits per heavy atom. The van der Waals surface area contributed by atoms with Gasteiger partial charge in [0.1, 0.15) is 0 Å². The molecule has 0 bridgehead atoms. The number of hydrogen-bond acceptors (Lipinski definition) is 4. The molecule has 0 aromatic carbocycles. The fourth-order valence-corrected chi connectivity index (χ4v) is 1.37. The molecule has 3 N–H and O–H groups in total. The maximum atomic E-state index is 11.4. The van der Waals surface area contributed by atoms with Gasteiger partial charge in [0, 0.05) is 26.0 Å². The van der Waals surface area contributed by atoms with Crippen LogP contribution in [-0.4, -0.2) is 48.7 Å². The first-order valence-corrected chi connectivity index (χ1v) is 6.18. The fraction of sp³-hybridized carbons (Fsp3) is 0.750. The second-order valence-electron chi connectivity index (χ2n) is 4.44. The fourth-order valence-electron chi connectivity index (χ4n) is 1.37. The molecule has 2 amide bonds. The van der Waals surface area contributed by atoms with Crippen LogP contribution in [0.2, 0.25) is 0 Å². The minimum Gasteiger partial charge on any atom is -0.479 e. The first-order chi connectivity index (χ1) is 8.86. The van der Waals surface area contributed by atoms with Crippen molar-refractivity contribution in [1.29, 1.82) is 0 Å². The second-order valence-corrected chi connectivity index (χ2v) is 4.44. The molecule has 110 valence electrons. The highest BCUT2D eigenvalue weighted by molar-refractivity contribution is 5.79. The van der Waals surface area contributed by atoms with E-state index < -0.39 is 12.1 Å². The molecule has 0 heterocycles. The van der Waals surface area contributed by atoms with Gasteiger partial charge >= 0.3 is 5.97 Å². The summed E-state index contributed by atoms with van der Waals surface area (Å²) in [6.07, 6.45) is -0.164. The molecule has 0 aliphatic carbocycles. The van der Waals surface area contributed by atoms with E-state index >= 15 is 0 Å². The summed E-state index contributed by atoms with van der Waals surface area (Å²) in [5.74, 6) is -1.51. The monoisotopic (exact) mass is 274 g/mol. The molecule has 1 unspecified atom stereocenters. The first-order valence-electron chi connectivity index (χ1n) is 6.18. The van der Waals surface area contributed by atoms with Crippen molar-refractivity contribution in [2.45, 2.75) is 45.3 Å². The van der Waals surface area contributed by atoms with Crippen molar-refractivity contribution in [2.24, 2.45) is 0 Å². The Morgan fingerprint density at radius 3 is 2.21 bits per heavy atom. The van der Waals surface area contributed by atoms with Crippen molar-refractivity contribution in [3.63, 3.8) is 0 Å². The number of carboxylic acid groups (broad SMARTS) is 1. The van der Waals surface area contributed by atoms with Gasteiger partial charge in [-0.05, 0) is 20.3 Å². The van der Waals surface area contributed by atoms with Crippen molar-refractivity contribution < 1.29 is 24.2 Å². The van der Waals surface area contributed by atoms with E-state index in [1.165, 1.54) is 7.11 Å². The van der Waals surface area contributed by atoms with Gasteiger partial charge in [-0.1, -0.05) is 0 Å². The number of hydrogen-bond donors (Lipinski definition) is 3. The lowest BCUT2D eigenvalue weighted by Gasteiger charge is -2.11. The van der Waals surface area contributed by atoms with Crippen molar-refractivity contribution >= 4 is 17.8 Å². The smallest absolute Gasteiger partial charge is 0.334 e. The maximum Gasteiger partial charge on any atom is 0.334 e. The summed E-state index contributed by atoms with van der Waals surface area (Å²) >= 11 is 0. The van der Waals surface area contributed by atoms with Crippen LogP contribution in [-0.2, 0) is 19.1 Å². The Kier molecular flexibility index (Phi) is 8.52. The topological polar surface area (TPSA) is 105 Å². The molecule has 0 aromatic rings. The second kappa shape index (κ2) is 9.32. The highest BCUT2D eigenvalue weighted by atomic mass is 16.5. The number of aliphatic carboxylic acids is 1. The van der Waals surface area contributed by atoms with Crippen LogP contribution in [0.1, 0.15) is 33.1 Å². The lowest BCUT2D eigenvalue weighted by molar-refractivity contribution is -0.148. The highest BCUT2D eigenvalue weighted by Gasteiger charge is 2.17. The van der Waals surface area contributed by atoms with E-state index in [2.05, 4.69) is 15.4 Å². The first kappa shape index (κ1) is 17.4. The highest BCUT2D eigenvalue weighted by Crippen LogP contribution is 1.97. The Hall–Kier alpha value is -1.63. The van der Waals surface area contributed by atoms with Gasteiger partial charge < -0.3 is 20.5 Å². The van der Waals surface area contributed by atoms with E-state index in [-0.39, 0.29) is 37.2 Å². The Morgan fingerprint density at radius 2 is 1.74 bits per heavy atom. The van der Waals surface area contributed by atoms with E-state index in [9.17, 15) is 14.4 Å². The van der Waals surface area contributed by atoms with Gasteiger partial charge in [0.15, 0.2) is 6.10 Å². The van der Waals surface area contributed by atoms with Gasteiger partial charge in [-0.25, -0.2) is 4.79 Å². The molecule has 0 fully saturated rings. The molecular formula is C12H22N2O5. The molecule has 0 saturated heterocycles. The number of carbonyl (C=O) groups excluding carboxylic acids is 2. The average Bonchev–Trinajstić information content (AvgIpc) is 2.28. The van der Waals surface area contributed by atoms with Crippen LogP contribution in [0.5, 0.6) is 0 Å². The minimum atomic E-state index is -1.13. The maximum absolute atomic E-state index is 11.4. The standard InChI is InChI=1S/C12H22N2O5/c1-8(2)14-11(16)6-4-5-10(15)13-7-9(19-3)12(17)18/h8-9H,4-7H2,1-3H3,(H,13,15)(H,14,16)(H,17,18). The quantitative estimate of drug-likeness (QED) is 0.544. The number of methoxy groups -OCH3 is 1. The number of nitrogens with one attached hydrogen (secondary N) is 2. The zero-order valence-electron chi connectivity index (χ0n) is 11.6. The molecule has 0 radical (unpaired) electrons. The molecule has 0 rings (SSSR count). The van der Waals surface area contributed by atoms with Crippen LogP contribution in [0.4, 0.5) is 0 Å². The predicted molar refractivity (Wildman–Crippen MR) is 68.6 cm³/mol. The summed E-state index contributed by atoms with van der Waals surface area (Å²) in [5, 5.41) is 13.9. The number of carbonyl (C=O) groups is 3. The molecule has 7 heteroatoms. The van der Waals surface area contributed by atoms with Crippen molar-refractivity contribution in [2.75, 3.05) is 13.7 Å². The van der Waals surface area contributed by atoms with Gasteiger partial charge in [-0.2, -0.15) is 0 Å². The van der Waals surface area contributed by atoms with Crippen LogP contribution < -0.4 is 10.6 Å². The molecule has 0 aliphatic rings. The van der Waals surface area contributed by atoms with E-state index in [4.69, 9.17) is 5.11 Å². The summed E-state index contributed by atoms with van der Waals surface area (Å²) in [7, 11) is 1.27. The average molecular weight is 274 g/mol. The molecule has 0 spiro atoms. The van der Waals surface area contributed by atoms with Crippen LogP contribution in [0.15, 0.2) is 0 Å². The third-order valence-electron chi connectivity index (χ3n) is 2.30. The van der Waals surface area contributed by atoms with Gasteiger partial charge in [0.2, 0.25) is 11.8 Å². The van der Waals surface area contributed by atoms with Crippen LogP contribution in [0.3, 0.4) is 0 Å². The largest absolute Gasteiger partial charge is 0.479 e. The SMILES string of the molecule is COC(CNC(=O)CCCC(=O)NC(C)C)C(=O)O. The third kappa shape index (κ3) is 9.01. The van der Waals surface area contributed by atoms with Gasteiger partial charge in [0.05, 0.1) is 6.54 Å². The Labute approximate surface area is 112 Å². The lowest BCUT2D eigenvalue weighted by Crippen LogP contribution is -2.37. The third-order valence-corrected chi connectivity index (χ3v) is 2.30. The number of ether oxygens (including phenoxy) is 1. The molecule has 7 nitrogen and oxygen atoms in total. The Bertz CT molecular complexity index is 317. The predicted octanol–water partition coefficient (Wildman–Crippen LogP) is -0.103. The Balaban J connectivity index is 3.76. The van der Waals surface area contributed by atoms with Crippen molar-refractivity contribution in [3.8, 4) is 0 Å². The van der Waals surface area contributed by atoms with Gasteiger partial charge in [0.25, 0.3) is 0 Å². The molecule has 0 aliphatic heterocycles. The molecule has 0 aromatic heterocycles. The van der Waals surface area contributed by atoms with E-state index in [0.717, 1.165) is 0 Å². The normalized spacial score (nSPS) is 12.0. The van der Waals surface area contributed by atoms with Crippen LogP contribution in [0.25, 0.3) is 0 Å². The van der Waals surface area contributed by atoms with Crippen LogP contribution >= 0.6 is 0 Å². The molecule has 0 saturated carbocycles. The summed E-state index contributed by atoms with van der Waals surface area (Å²) in [6.45, 7) is 3.64. The van der Waals surface area contributed by atoms with E-state index in [1.807, 2.05) is 13.8 Å². The molecule has 19 heavy (non-hydrogen) atoms. The zero-order valence-corrected chi connectivity index (χ0v) is 11.6. The van der Waals surface area contributed by atoms with Crippen molar-refractivity contribution in [3.05, 3.63) is 0 Å². The van der Waals surface area contributed by atoms with Crippen molar-refractivity contribution in [1.82, 2.24) is 10.6 Å². The summed E-state index contributed by atoms with van der Waals surface area (Å²) < 4.78 is 4.67. The van der Waals surface area contributed by atoms with E-state index in [0.29, 0.717) is 6.42 Å². The lowest BCUT2D eigenvalue weighted by atomic mass is 10.2. The summed E-state index contributed by atoms with van der Waals surface area (Å²) in [6, 6.07) is 0.0827. The van der Waals surface area contributed by atoms with Crippen LogP contribution in [0, 0.1) is 0 Å². The number of amides is 2. The summed E-state index contributed by atoms with van der Waals surface area (Å²) in [5.41, 5.74) is 0. The molecular weight excluding hydrogens is 252 g/mol. The van der Waals surface area contributed by atoms with Gasteiger partial charge in [-0.3, -0.25) is 9.59 Å². The zero-order chi connectivity index (χ0) is 14.8. The summed E-state index contributed by atoms with van der Waals surface area (Å²) in [4.78, 5) is 33.3. The van der Waals surface area contributed by atoms with E-state index in [1.54, 1.807) is 0 Å². The number of carboxylic acids is 1. The van der Waals surface area contributed by atoms with Gasteiger partial charge in [-0.15, -0.1) is 0 Å². The number of rotatable bonds is 9. The molecule has 1 atom stereocenters. The minimum absolute atomic E-state index is 0.0805.